The van der Waals surface area contributed by atoms with E-state index in [1.165, 1.54) is 11.8 Å². The number of nitrogens with zero attached hydrogens (tertiary/aromatic N) is 4. The number of alkyl halides is 1. The van der Waals surface area contributed by atoms with Gasteiger partial charge in [0.05, 0.1) is 30.3 Å². The highest BCUT2D eigenvalue weighted by atomic mass is 32.2. The van der Waals surface area contributed by atoms with Crippen molar-refractivity contribution in [2.45, 2.75) is 38.4 Å². The summed E-state index contributed by atoms with van der Waals surface area (Å²) in [5, 5.41) is 24.8. The van der Waals surface area contributed by atoms with Crippen molar-refractivity contribution >= 4 is 17.6 Å². The van der Waals surface area contributed by atoms with Gasteiger partial charge in [-0.2, -0.15) is 10.5 Å². The predicted octanol–water partition coefficient (Wildman–Crippen LogP) is 5.56. The fourth-order valence-electron chi connectivity index (χ4n) is 3.48. The van der Waals surface area contributed by atoms with Gasteiger partial charge < -0.3 is 15.0 Å². The molecule has 3 rings (SSSR count). The van der Waals surface area contributed by atoms with Crippen LogP contribution in [0.25, 0.3) is 11.1 Å². The lowest BCUT2D eigenvalue weighted by atomic mass is 9.95. The van der Waals surface area contributed by atoms with Crippen LogP contribution in [0.4, 0.5) is 10.2 Å². The number of aromatic nitrogens is 1. The number of hydrogen-bond acceptors (Lipinski definition) is 7. The number of halogens is 1. The summed E-state index contributed by atoms with van der Waals surface area (Å²) in [4.78, 5) is 6.44. The van der Waals surface area contributed by atoms with E-state index in [0.29, 0.717) is 40.7 Å². The van der Waals surface area contributed by atoms with Crippen LogP contribution < -0.4 is 15.0 Å². The fourth-order valence-corrected chi connectivity index (χ4v) is 4.43. The lowest BCUT2D eigenvalue weighted by molar-refractivity contribution is 0.273. The number of allylic oxidation sites excluding steroid dienone is 3. The molecule has 1 N–H and O–H groups in total. The van der Waals surface area contributed by atoms with Gasteiger partial charge >= 0.3 is 0 Å². The Balaban J connectivity index is 2.17. The molecule has 1 aliphatic rings. The van der Waals surface area contributed by atoms with Crippen molar-refractivity contribution in [1.82, 2.24) is 10.3 Å². The number of nitriles is 2. The molecule has 0 amide bonds. The molecule has 0 saturated carbocycles. The van der Waals surface area contributed by atoms with Crippen molar-refractivity contribution in [2.24, 2.45) is 0 Å². The molecule has 1 aromatic carbocycles. The fraction of sp³-hybridized carbons (Fsp3) is 0.346. The Morgan fingerprint density at radius 3 is 2.50 bits per heavy atom. The lowest BCUT2D eigenvalue weighted by Gasteiger charge is -2.36. The van der Waals surface area contributed by atoms with Crippen LogP contribution in [0.5, 0.6) is 5.75 Å². The van der Waals surface area contributed by atoms with E-state index in [9.17, 15) is 14.9 Å². The minimum absolute atomic E-state index is 0.176. The molecule has 8 heteroatoms. The molecular weight excluding hydrogens is 449 g/mol. The number of pyridine rings is 1. The Morgan fingerprint density at radius 2 is 1.94 bits per heavy atom. The SMILES string of the molecule is C/C=C\C=C(/NCC)Sc1nc(N2CC(F)C2)c(C#N)c(-c2ccc(OCCC)cc2)c1C#N. The summed E-state index contributed by atoms with van der Waals surface area (Å²) < 4.78 is 19.4. The molecule has 0 unspecified atom stereocenters. The number of rotatable bonds is 10. The Bertz CT molecular complexity index is 1140. The number of benzene rings is 1. The number of ether oxygens (including phenoxy) is 1. The third kappa shape index (κ3) is 5.70. The molecular formula is C26H28FN5OS. The quantitative estimate of drug-likeness (QED) is 0.354. The van der Waals surface area contributed by atoms with Crippen LogP contribution in [0.3, 0.4) is 0 Å². The summed E-state index contributed by atoms with van der Waals surface area (Å²) in [6, 6.07) is 11.8. The molecule has 6 nitrogen and oxygen atoms in total. The maximum Gasteiger partial charge on any atom is 0.148 e. The molecule has 1 aliphatic heterocycles. The van der Waals surface area contributed by atoms with Gasteiger partial charge in [-0.25, -0.2) is 9.37 Å². The van der Waals surface area contributed by atoms with Crippen molar-refractivity contribution < 1.29 is 9.13 Å². The second kappa shape index (κ2) is 12.1. The Labute approximate surface area is 204 Å². The molecule has 1 aromatic heterocycles. The van der Waals surface area contributed by atoms with Gasteiger partial charge in [0, 0.05) is 12.1 Å². The van der Waals surface area contributed by atoms with Gasteiger partial charge in [-0.05, 0) is 44.0 Å². The van der Waals surface area contributed by atoms with Gasteiger partial charge in [-0.15, -0.1) is 0 Å². The maximum absolute atomic E-state index is 13.7. The summed E-state index contributed by atoms with van der Waals surface area (Å²) in [6.07, 6.45) is 5.67. The average Bonchev–Trinajstić information content (AvgIpc) is 2.83. The topological polar surface area (TPSA) is 85.0 Å². The van der Waals surface area contributed by atoms with Crippen molar-refractivity contribution in [3.05, 3.63) is 58.6 Å². The van der Waals surface area contributed by atoms with Gasteiger partial charge in [-0.3, -0.25) is 0 Å². The average molecular weight is 478 g/mol. The van der Waals surface area contributed by atoms with E-state index < -0.39 is 6.17 Å². The second-order valence-electron chi connectivity index (χ2n) is 7.65. The summed E-state index contributed by atoms with van der Waals surface area (Å²) in [7, 11) is 0. The molecule has 0 atom stereocenters. The van der Waals surface area contributed by atoms with Crippen LogP contribution in [0.1, 0.15) is 38.3 Å². The zero-order valence-electron chi connectivity index (χ0n) is 19.6. The second-order valence-corrected chi connectivity index (χ2v) is 8.68. The smallest absolute Gasteiger partial charge is 0.148 e. The lowest BCUT2D eigenvalue weighted by Crippen LogP contribution is -2.49. The monoisotopic (exact) mass is 477 g/mol. The van der Waals surface area contributed by atoms with Crippen LogP contribution in [-0.2, 0) is 0 Å². The maximum atomic E-state index is 13.7. The Kier molecular flexibility index (Phi) is 8.95. The first-order valence-corrected chi connectivity index (χ1v) is 12.1. The van der Waals surface area contributed by atoms with Crippen LogP contribution in [0, 0.1) is 22.7 Å². The van der Waals surface area contributed by atoms with E-state index in [1.54, 1.807) is 4.90 Å². The van der Waals surface area contributed by atoms with E-state index in [1.807, 2.05) is 63.3 Å². The van der Waals surface area contributed by atoms with E-state index in [2.05, 4.69) is 17.5 Å². The highest BCUT2D eigenvalue weighted by molar-refractivity contribution is 8.03. The van der Waals surface area contributed by atoms with Gasteiger partial charge in [-0.1, -0.05) is 43.0 Å². The first-order chi connectivity index (χ1) is 16.6. The summed E-state index contributed by atoms with van der Waals surface area (Å²) in [5.74, 6) is 1.12. The summed E-state index contributed by atoms with van der Waals surface area (Å²) in [5.41, 5.74) is 1.80. The van der Waals surface area contributed by atoms with Gasteiger partial charge in [0.1, 0.15) is 40.5 Å². The van der Waals surface area contributed by atoms with E-state index in [4.69, 9.17) is 9.72 Å². The van der Waals surface area contributed by atoms with E-state index in [-0.39, 0.29) is 18.7 Å². The number of thioether (sulfide) groups is 1. The zero-order chi connectivity index (χ0) is 24.5. The molecule has 0 radical (unpaired) electrons. The highest BCUT2D eigenvalue weighted by Crippen LogP contribution is 2.40. The van der Waals surface area contributed by atoms with Gasteiger partial charge in [0.2, 0.25) is 0 Å². The minimum Gasteiger partial charge on any atom is -0.494 e. The van der Waals surface area contributed by atoms with Crippen molar-refractivity contribution in [3.63, 3.8) is 0 Å². The van der Waals surface area contributed by atoms with E-state index >= 15 is 0 Å². The largest absolute Gasteiger partial charge is 0.494 e. The zero-order valence-corrected chi connectivity index (χ0v) is 20.5. The van der Waals surface area contributed by atoms with Crippen molar-refractivity contribution in [1.29, 1.82) is 10.5 Å². The molecule has 1 fully saturated rings. The molecule has 34 heavy (non-hydrogen) atoms. The highest BCUT2D eigenvalue weighted by Gasteiger charge is 2.32. The normalized spacial score (nSPS) is 13.9. The van der Waals surface area contributed by atoms with Crippen LogP contribution in [0.2, 0.25) is 0 Å². The molecule has 176 valence electrons. The standard InChI is InChI=1S/C26H28FN5OS/c1-4-7-8-23(30-6-3)34-26-22(15-29)24(18-9-11-20(12-10-18)33-13-5-2)21(14-28)25(31-26)32-16-19(27)17-32/h4,7-12,19,30H,5-6,13,16-17H2,1-3H3/b7-4-,23-8+. The molecule has 2 aromatic rings. The third-order valence-electron chi connectivity index (χ3n) is 5.12. The van der Waals surface area contributed by atoms with Crippen molar-refractivity contribution in [3.8, 4) is 29.0 Å². The van der Waals surface area contributed by atoms with Gasteiger partial charge in [0.25, 0.3) is 0 Å². The number of nitrogens with one attached hydrogen (secondary N) is 1. The van der Waals surface area contributed by atoms with Crippen LogP contribution >= 0.6 is 11.8 Å². The molecule has 0 bridgehead atoms. The van der Waals surface area contributed by atoms with E-state index in [0.717, 1.165) is 17.2 Å². The minimum atomic E-state index is -0.953. The summed E-state index contributed by atoms with van der Waals surface area (Å²) in [6.45, 7) is 7.61. The third-order valence-corrected chi connectivity index (χ3v) is 6.11. The first kappa shape index (κ1) is 25.1. The Hall–Kier alpha value is -3.49. The molecule has 2 heterocycles. The van der Waals surface area contributed by atoms with Crippen molar-refractivity contribution in [2.75, 3.05) is 31.1 Å². The molecule has 1 saturated heterocycles. The molecule has 0 aliphatic carbocycles. The predicted molar refractivity (Wildman–Crippen MR) is 134 cm³/mol. The van der Waals surface area contributed by atoms with Crippen LogP contribution in [-0.4, -0.2) is 37.4 Å². The Morgan fingerprint density at radius 1 is 1.24 bits per heavy atom. The first-order valence-electron chi connectivity index (χ1n) is 11.3. The number of hydrogen-bond donors (Lipinski definition) is 1. The number of anilines is 1. The molecule has 0 spiro atoms. The van der Waals surface area contributed by atoms with Crippen LogP contribution in [0.15, 0.2) is 52.5 Å². The summed E-state index contributed by atoms with van der Waals surface area (Å²) >= 11 is 1.32. The van der Waals surface area contributed by atoms with Gasteiger partial charge in [0.15, 0.2) is 0 Å².